The second kappa shape index (κ2) is 9.57. The molecule has 4 nitrogen and oxygen atoms in total. The maximum absolute atomic E-state index is 11.9. The number of thiocarbonyl (C=S) groups is 1. The third kappa shape index (κ3) is 5.93. The fraction of sp³-hybridized carbons (Fsp3) is 0.211. The second-order valence-corrected chi connectivity index (χ2v) is 5.67. The van der Waals surface area contributed by atoms with Gasteiger partial charge in [-0.25, -0.2) is 0 Å². The van der Waals surface area contributed by atoms with Crippen molar-refractivity contribution >= 4 is 28.9 Å². The van der Waals surface area contributed by atoms with E-state index in [0.29, 0.717) is 42.2 Å². The Morgan fingerprint density at radius 2 is 1.08 bits per heavy atom. The summed E-state index contributed by atoms with van der Waals surface area (Å²) < 4.78 is 0. The van der Waals surface area contributed by atoms with E-state index in [4.69, 9.17) is 12.2 Å². The van der Waals surface area contributed by atoms with Gasteiger partial charge in [0, 0.05) is 37.1 Å². The van der Waals surface area contributed by atoms with E-state index in [9.17, 15) is 9.59 Å². The molecule has 24 heavy (non-hydrogen) atoms. The Kier molecular flexibility index (Phi) is 7.11. The van der Waals surface area contributed by atoms with Gasteiger partial charge in [-0.15, -0.1) is 0 Å². The van der Waals surface area contributed by atoms with Crippen LogP contribution >= 0.6 is 12.2 Å². The largest absolute Gasteiger partial charge is 0.362 e. The smallest absolute Gasteiger partial charge is 0.166 e. The fourth-order valence-electron chi connectivity index (χ4n) is 2.18. The zero-order valence-corrected chi connectivity index (χ0v) is 14.1. The van der Waals surface area contributed by atoms with Gasteiger partial charge < -0.3 is 10.6 Å². The van der Waals surface area contributed by atoms with Gasteiger partial charge >= 0.3 is 0 Å². The molecule has 0 spiro atoms. The molecule has 2 aromatic carbocycles. The Morgan fingerprint density at radius 3 is 1.46 bits per heavy atom. The zero-order chi connectivity index (χ0) is 17.2. The molecule has 0 amide bonds. The van der Waals surface area contributed by atoms with Gasteiger partial charge in [-0.1, -0.05) is 60.7 Å². The van der Waals surface area contributed by atoms with Crippen LogP contribution in [0.4, 0.5) is 0 Å². The van der Waals surface area contributed by atoms with E-state index < -0.39 is 0 Å². The molecule has 124 valence electrons. The topological polar surface area (TPSA) is 58.2 Å². The molecular weight excluding hydrogens is 320 g/mol. The van der Waals surface area contributed by atoms with Crippen LogP contribution < -0.4 is 10.6 Å². The molecule has 0 saturated heterocycles. The molecule has 0 unspecified atom stereocenters. The van der Waals surface area contributed by atoms with E-state index in [0.717, 1.165) is 0 Å². The number of ketones is 2. The van der Waals surface area contributed by atoms with Crippen LogP contribution in [0.2, 0.25) is 0 Å². The van der Waals surface area contributed by atoms with E-state index >= 15 is 0 Å². The van der Waals surface area contributed by atoms with Crippen LogP contribution in [0.15, 0.2) is 60.7 Å². The Labute approximate surface area is 147 Å². The van der Waals surface area contributed by atoms with Crippen LogP contribution in [0, 0.1) is 0 Å². The second-order valence-electron chi connectivity index (χ2n) is 5.26. The highest BCUT2D eigenvalue weighted by Crippen LogP contribution is 2.03. The first-order chi connectivity index (χ1) is 11.7. The minimum Gasteiger partial charge on any atom is -0.362 e. The van der Waals surface area contributed by atoms with Gasteiger partial charge in [0.2, 0.25) is 0 Å². The van der Waals surface area contributed by atoms with Gasteiger partial charge in [-0.05, 0) is 12.2 Å². The maximum Gasteiger partial charge on any atom is 0.166 e. The summed E-state index contributed by atoms with van der Waals surface area (Å²) in [6.45, 7) is 0.929. The minimum atomic E-state index is 0.0742. The SMILES string of the molecule is O=C(CCNC(=S)NCCC(=O)c1ccccc1)c1ccccc1. The molecule has 0 bridgehead atoms. The number of nitrogens with one attached hydrogen (secondary N) is 2. The summed E-state index contributed by atoms with van der Waals surface area (Å²) in [5, 5.41) is 6.43. The molecule has 0 atom stereocenters. The number of hydrogen-bond donors (Lipinski definition) is 2. The summed E-state index contributed by atoms with van der Waals surface area (Å²) in [6, 6.07) is 18.3. The van der Waals surface area contributed by atoms with Gasteiger partial charge in [-0.3, -0.25) is 9.59 Å². The van der Waals surface area contributed by atoms with Crippen molar-refractivity contribution in [1.29, 1.82) is 0 Å². The lowest BCUT2D eigenvalue weighted by Crippen LogP contribution is -2.37. The number of hydrogen-bond acceptors (Lipinski definition) is 3. The third-order valence-electron chi connectivity index (χ3n) is 3.47. The summed E-state index contributed by atoms with van der Waals surface area (Å²) in [6.07, 6.45) is 0.740. The van der Waals surface area contributed by atoms with Crippen molar-refractivity contribution in [1.82, 2.24) is 10.6 Å². The lowest BCUT2D eigenvalue weighted by molar-refractivity contribution is 0.0977. The van der Waals surface area contributed by atoms with Gasteiger partial charge in [0.25, 0.3) is 0 Å². The zero-order valence-electron chi connectivity index (χ0n) is 13.3. The van der Waals surface area contributed by atoms with E-state index in [-0.39, 0.29) is 11.6 Å². The summed E-state index contributed by atoms with van der Waals surface area (Å²) in [5.41, 5.74) is 1.40. The Morgan fingerprint density at radius 1 is 0.708 bits per heavy atom. The van der Waals surface area contributed by atoms with Crippen molar-refractivity contribution in [3.8, 4) is 0 Å². The number of Topliss-reactive ketones (excluding diaryl/α,β-unsaturated/α-hetero) is 2. The van der Waals surface area contributed by atoms with Crippen molar-refractivity contribution in [2.45, 2.75) is 12.8 Å². The Hall–Kier alpha value is -2.53. The van der Waals surface area contributed by atoms with Crippen LogP contribution in [0.5, 0.6) is 0 Å². The van der Waals surface area contributed by atoms with E-state index in [1.165, 1.54) is 0 Å². The van der Waals surface area contributed by atoms with Gasteiger partial charge in [0.1, 0.15) is 0 Å². The molecule has 5 heteroatoms. The Balaban J connectivity index is 1.62. The van der Waals surface area contributed by atoms with Gasteiger partial charge in [0.05, 0.1) is 0 Å². The van der Waals surface area contributed by atoms with Gasteiger partial charge in [-0.2, -0.15) is 0 Å². The van der Waals surface area contributed by atoms with Crippen molar-refractivity contribution in [3.63, 3.8) is 0 Å². The molecule has 0 aromatic heterocycles. The average Bonchev–Trinajstić information content (AvgIpc) is 2.63. The van der Waals surface area contributed by atoms with Crippen molar-refractivity contribution < 1.29 is 9.59 Å². The molecule has 0 radical (unpaired) electrons. The summed E-state index contributed by atoms with van der Waals surface area (Å²) in [7, 11) is 0. The van der Waals surface area contributed by atoms with E-state index in [2.05, 4.69) is 10.6 Å². The van der Waals surface area contributed by atoms with E-state index in [1.54, 1.807) is 24.3 Å². The molecule has 2 rings (SSSR count). The highest BCUT2D eigenvalue weighted by molar-refractivity contribution is 7.80. The average molecular weight is 340 g/mol. The summed E-state index contributed by atoms with van der Waals surface area (Å²) in [5.74, 6) is 0.148. The van der Waals surface area contributed by atoms with Gasteiger partial charge in [0.15, 0.2) is 16.7 Å². The predicted octanol–water partition coefficient (Wildman–Crippen LogP) is 3.00. The molecule has 0 fully saturated rings. The van der Waals surface area contributed by atoms with Crippen molar-refractivity contribution in [2.75, 3.05) is 13.1 Å². The molecular formula is C19H20N2O2S. The van der Waals surface area contributed by atoms with Crippen LogP contribution in [-0.2, 0) is 0 Å². The molecule has 0 aliphatic heterocycles. The van der Waals surface area contributed by atoms with Crippen molar-refractivity contribution in [2.24, 2.45) is 0 Å². The monoisotopic (exact) mass is 340 g/mol. The normalized spacial score (nSPS) is 10.0. The molecule has 0 heterocycles. The third-order valence-corrected chi connectivity index (χ3v) is 3.76. The molecule has 0 saturated carbocycles. The molecule has 0 aliphatic rings. The summed E-state index contributed by atoms with van der Waals surface area (Å²) in [4.78, 5) is 23.9. The first-order valence-electron chi connectivity index (χ1n) is 7.85. The molecule has 2 aromatic rings. The van der Waals surface area contributed by atoms with Crippen LogP contribution in [0.1, 0.15) is 33.6 Å². The highest BCUT2D eigenvalue weighted by atomic mass is 32.1. The predicted molar refractivity (Wildman–Crippen MR) is 99.4 cm³/mol. The lowest BCUT2D eigenvalue weighted by atomic mass is 10.1. The van der Waals surface area contributed by atoms with Crippen LogP contribution in [0.25, 0.3) is 0 Å². The number of benzene rings is 2. The van der Waals surface area contributed by atoms with Crippen LogP contribution in [-0.4, -0.2) is 29.8 Å². The molecule has 0 aliphatic carbocycles. The standard InChI is InChI=1S/C19H20N2O2S/c22-17(15-7-3-1-4-8-15)11-13-20-19(24)21-14-12-18(23)16-9-5-2-6-10-16/h1-10H,11-14H2,(H2,20,21,24). The highest BCUT2D eigenvalue weighted by Gasteiger charge is 2.06. The summed E-state index contributed by atoms with van der Waals surface area (Å²) >= 11 is 5.15. The van der Waals surface area contributed by atoms with Crippen LogP contribution in [0.3, 0.4) is 0 Å². The van der Waals surface area contributed by atoms with E-state index in [1.807, 2.05) is 36.4 Å². The Bertz CT molecular complexity index is 628. The number of carbonyl (C=O) groups excluding carboxylic acids is 2. The first-order valence-corrected chi connectivity index (χ1v) is 8.26. The minimum absolute atomic E-state index is 0.0742. The number of carbonyl (C=O) groups is 2. The number of rotatable bonds is 8. The molecule has 2 N–H and O–H groups in total. The quantitative estimate of drug-likeness (QED) is 0.571. The lowest BCUT2D eigenvalue weighted by Gasteiger charge is -2.10. The van der Waals surface area contributed by atoms with Crippen molar-refractivity contribution in [3.05, 3.63) is 71.8 Å². The maximum atomic E-state index is 11.9. The first kappa shape index (κ1) is 17.8. The fourth-order valence-corrected chi connectivity index (χ4v) is 2.38.